The van der Waals surface area contributed by atoms with Gasteiger partial charge in [0, 0.05) is 25.8 Å². The highest BCUT2D eigenvalue weighted by Gasteiger charge is 2.14. The fourth-order valence-corrected chi connectivity index (χ4v) is 2.35. The van der Waals surface area contributed by atoms with Crippen LogP contribution in [0.25, 0.3) is 0 Å². The predicted octanol–water partition coefficient (Wildman–Crippen LogP) is 2.66. The zero-order valence-electron chi connectivity index (χ0n) is 14.7. The lowest BCUT2D eigenvalue weighted by Gasteiger charge is -2.25. The van der Waals surface area contributed by atoms with Crippen molar-refractivity contribution < 1.29 is 4.79 Å². The van der Waals surface area contributed by atoms with Gasteiger partial charge in [0.15, 0.2) is 0 Å². The Kier molecular flexibility index (Phi) is 6.75. The first-order valence-corrected chi connectivity index (χ1v) is 8.18. The molecule has 0 saturated heterocycles. The molecule has 0 aliphatic rings. The number of likely N-dealkylation sites (N-methyl/N-ethyl adjacent to an activating group) is 1. The minimum Gasteiger partial charge on any atom is -0.332 e. The van der Waals surface area contributed by atoms with Gasteiger partial charge in [-0.25, -0.2) is 4.79 Å². The van der Waals surface area contributed by atoms with Crippen molar-refractivity contribution in [3.63, 3.8) is 0 Å². The van der Waals surface area contributed by atoms with Crippen LogP contribution in [-0.2, 0) is 13.1 Å². The van der Waals surface area contributed by atoms with Crippen molar-refractivity contribution in [3.05, 3.63) is 65.5 Å². The quantitative estimate of drug-likeness (QED) is 0.851. The number of carbonyl (C=O) groups is 1. The Morgan fingerprint density at radius 3 is 2.50 bits per heavy atom. The summed E-state index contributed by atoms with van der Waals surface area (Å²) in [5.41, 5.74) is 3.11. The topological polar surface area (TPSA) is 48.5 Å². The number of benzene rings is 1. The van der Waals surface area contributed by atoms with E-state index in [1.807, 2.05) is 68.4 Å². The molecule has 128 valence electrons. The first kappa shape index (κ1) is 17.9. The maximum Gasteiger partial charge on any atom is 0.318 e. The average molecular weight is 326 g/mol. The van der Waals surface area contributed by atoms with E-state index in [9.17, 15) is 4.79 Å². The van der Waals surface area contributed by atoms with Crippen molar-refractivity contribution in [1.29, 1.82) is 0 Å². The minimum atomic E-state index is -0.0641. The summed E-state index contributed by atoms with van der Waals surface area (Å²) in [5.74, 6) is 0. The van der Waals surface area contributed by atoms with Gasteiger partial charge in [0.25, 0.3) is 0 Å². The molecule has 5 heteroatoms. The predicted molar refractivity (Wildman–Crippen MR) is 96.6 cm³/mol. The van der Waals surface area contributed by atoms with E-state index in [1.54, 1.807) is 6.20 Å². The largest absolute Gasteiger partial charge is 0.332 e. The van der Waals surface area contributed by atoms with Crippen molar-refractivity contribution in [1.82, 2.24) is 20.1 Å². The van der Waals surface area contributed by atoms with Crippen molar-refractivity contribution >= 4 is 6.03 Å². The van der Waals surface area contributed by atoms with Gasteiger partial charge in [-0.2, -0.15) is 0 Å². The van der Waals surface area contributed by atoms with E-state index in [0.29, 0.717) is 19.6 Å². The molecule has 1 aromatic heterocycles. The van der Waals surface area contributed by atoms with Crippen LogP contribution >= 0.6 is 0 Å². The smallest absolute Gasteiger partial charge is 0.318 e. The molecule has 0 radical (unpaired) electrons. The summed E-state index contributed by atoms with van der Waals surface area (Å²) >= 11 is 0. The van der Waals surface area contributed by atoms with Crippen molar-refractivity contribution in [3.8, 4) is 0 Å². The molecule has 1 heterocycles. The fraction of sp³-hybridized carbons (Fsp3) is 0.368. The summed E-state index contributed by atoms with van der Waals surface area (Å²) in [4.78, 5) is 20.9. The number of nitrogens with zero attached hydrogens (tertiary/aromatic N) is 3. The van der Waals surface area contributed by atoms with Crippen LogP contribution in [0.2, 0.25) is 0 Å². The van der Waals surface area contributed by atoms with Gasteiger partial charge in [-0.3, -0.25) is 4.98 Å². The molecule has 0 aliphatic carbocycles. The molecule has 5 nitrogen and oxygen atoms in total. The molecule has 1 N–H and O–H groups in total. The molecule has 2 amide bonds. The number of aryl methyl sites for hydroxylation is 1. The van der Waals surface area contributed by atoms with E-state index in [4.69, 9.17) is 0 Å². The molecule has 2 rings (SSSR count). The molecule has 0 unspecified atom stereocenters. The molecule has 0 saturated carbocycles. The number of urea groups is 1. The highest BCUT2D eigenvalue weighted by molar-refractivity contribution is 5.74. The Morgan fingerprint density at radius 2 is 1.83 bits per heavy atom. The summed E-state index contributed by atoms with van der Waals surface area (Å²) in [5, 5.41) is 2.99. The second-order valence-corrected chi connectivity index (χ2v) is 6.14. The third-order valence-corrected chi connectivity index (χ3v) is 3.85. The summed E-state index contributed by atoms with van der Waals surface area (Å²) in [7, 11) is 4.02. The van der Waals surface area contributed by atoms with E-state index >= 15 is 0 Å². The van der Waals surface area contributed by atoms with Gasteiger partial charge >= 0.3 is 6.03 Å². The molecular weight excluding hydrogens is 300 g/mol. The second-order valence-electron chi connectivity index (χ2n) is 6.14. The van der Waals surface area contributed by atoms with Gasteiger partial charge in [-0.05, 0) is 38.2 Å². The van der Waals surface area contributed by atoms with Crippen LogP contribution < -0.4 is 5.32 Å². The zero-order chi connectivity index (χ0) is 17.4. The van der Waals surface area contributed by atoms with Gasteiger partial charge in [0.05, 0.1) is 12.2 Å². The Hall–Kier alpha value is -2.40. The number of hydrogen-bond acceptors (Lipinski definition) is 3. The molecule has 0 spiro atoms. The monoisotopic (exact) mass is 326 g/mol. The number of amides is 2. The lowest BCUT2D eigenvalue weighted by molar-refractivity contribution is 0.188. The number of nitrogens with one attached hydrogen (secondary N) is 1. The van der Waals surface area contributed by atoms with Crippen LogP contribution in [0.15, 0.2) is 48.7 Å². The van der Waals surface area contributed by atoms with Gasteiger partial charge in [0.2, 0.25) is 0 Å². The number of aromatic nitrogens is 1. The summed E-state index contributed by atoms with van der Waals surface area (Å²) in [6.45, 7) is 4.54. The summed E-state index contributed by atoms with van der Waals surface area (Å²) < 4.78 is 0. The van der Waals surface area contributed by atoms with Gasteiger partial charge in [-0.15, -0.1) is 0 Å². The first-order valence-electron chi connectivity index (χ1n) is 8.18. The van der Waals surface area contributed by atoms with Crippen molar-refractivity contribution in [2.75, 3.05) is 27.2 Å². The number of carbonyl (C=O) groups excluding carboxylic acids is 1. The Balaban J connectivity index is 1.99. The highest BCUT2D eigenvalue weighted by Crippen LogP contribution is 2.06. The Bertz CT molecular complexity index is 643. The minimum absolute atomic E-state index is 0.0641. The van der Waals surface area contributed by atoms with Crippen LogP contribution in [0.3, 0.4) is 0 Å². The normalized spacial score (nSPS) is 10.7. The molecule has 2 aromatic rings. The standard InChI is InChI=1S/C19H26N4O/c1-16-8-7-11-20-18(16)14-21-19(24)23(13-12-22(2)3)15-17-9-5-4-6-10-17/h4-11H,12-15H2,1-3H3,(H,21,24). The third kappa shape index (κ3) is 5.66. The van der Waals surface area contributed by atoms with Gasteiger partial charge in [-0.1, -0.05) is 36.4 Å². The maximum absolute atomic E-state index is 12.6. The Labute approximate surface area is 144 Å². The van der Waals surface area contributed by atoms with E-state index < -0.39 is 0 Å². The summed E-state index contributed by atoms with van der Waals surface area (Å²) in [6.07, 6.45) is 1.75. The molecule has 0 aliphatic heterocycles. The fourth-order valence-electron chi connectivity index (χ4n) is 2.35. The van der Waals surface area contributed by atoms with Gasteiger partial charge < -0.3 is 15.1 Å². The molecular formula is C19H26N4O. The second kappa shape index (κ2) is 9.03. The summed E-state index contributed by atoms with van der Waals surface area (Å²) in [6, 6.07) is 13.9. The van der Waals surface area contributed by atoms with E-state index in [2.05, 4.69) is 15.2 Å². The lowest BCUT2D eigenvalue weighted by Crippen LogP contribution is -2.42. The number of hydrogen-bond donors (Lipinski definition) is 1. The molecule has 0 fully saturated rings. The van der Waals surface area contributed by atoms with E-state index in [0.717, 1.165) is 23.4 Å². The third-order valence-electron chi connectivity index (χ3n) is 3.85. The maximum atomic E-state index is 12.6. The van der Waals surface area contributed by atoms with Crippen LogP contribution in [0.1, 0.15) is 16.8 Å². The molecule has 0 bridgehead atoms. The first-order chi connectivity index (χ1) is 11.6. The van der Waals surface area contributed by atoms with E-state index in [1.165, 1.54) is 0 Å². The zero-order valence-corrected chi connectivity index (χ0v) is 14.7. The van der Waals surface area contributed by atoms with Crippen LogP contribution in [0.4, 0.5) is 4.79 Å². The number of rotatable bonds is 7. The van der Waals surface area contributed by atoms with Gasteiger partial charge in [0.1, 0.15) is 0 Å². The number of pyridine rings is 1. The van der Waals surface area contributed by atoms with Crippen molar-refractivity contribution in [2.45, 2.75) is 20.0 Å². The average Bonchev–Trinajstić information content (AvgIpc) is 2.58. The lowest BCUT2D eigenvalue weighted by atomic mass is 10.2. The molecule has 1 aromatic carbocycles. The Morgan fingerprint density at radius 1 is 1.08 bits per heavy atom. The SMILES string of the molecule is Cc1cccnc1CNC(=O)N(CCN(C)C)Cc1ccccc1. The van der Waals surface area contributed by atoms with Crippen LogP contribution in [0.5, 0.6) is 0 Å². The van der Waals surface area contributed by atoms with Crippen LogP contribution in [0, 0.1) is 6.92 Å². The molecule has 0 atom stereocenters. The molecule has 24 heavy (non-hydrogen) atoms. The van der Waals surface area contributed by atoms with Crippen LogP contribution in [-0.4, -0.2) is 48.0 Å². The van der Waals surface area contributed by atoms with Crippen molar-refractivity contribution in [2.24, 2.45) is 0 Å². The van der Waals surface area contributed by atoms with E-state index in [-0.39, 0.29) is 6.03 Å². The highest BCUT2D eigenvalue weighted by atomic mass is 16.2.